The molecule has 0 aliphatic carbocycles. The van der Waals surface area contributed by atoms with Crippen molar-refractivity contribution in [2.75, 3.05) is 5.32 Å². The van der Waals surface area contributed by atoms with Crippen molar-refractivity contribution in [2.45, 2.75) is 6.92 Å². The molecule has 3 heterocycles. The minimum absolute atomic E-state index is 0.195. The van der Waals surface area contributed by atoms with Gasteiger partial charge in [-0.1, -0.05) is 0 Å². The van der Waals surface area contributed by atoms with Gasteiger partial charge in [0.15, 0.2) is 5.65 Å². The molecule has 0 aromatic carbocycles. The van der Waals surface area contributed by atoms with Crippen LogP contribution in [0, 0.1) is 6.92 Å². The van der Waals surface area contributed by atoms with Gasteiger partial charge in [-0.25, -0.2) is 4.98 Å². The number of pyridine rings is 2. The number of carbonyl (C=O) groups is 1. The van der Waals surface area contributed by atoms with Crippen molar-refractivity contribution in [3.63, 3.8) is 0 Å². The molecule has 0 unspecified atom stereocenters. The Labute approximate surface area is 108 Å². The average molecular weight is 253 g/mol. The Morgan fingerprint density at radius 1 is 1.26 bits per heavy atom. The number of hydrogen-bond acceptors (Lipinski definition) is 4. The molecule has 0 saturated heterocycles. The number of aromatic amines is 1. The minimum Gasteiger partial charge on any atom is -0.321 e. The number of nitrogens with zero attached hydrogens (tertiary/aromatic N) is 3. The van der Waals surface area contributed by atoms with Crippen LogP contribution in [0.15, 0.2) is 36.8 Å². The second-order valence-electron chi connectivity index (χ2n) is 4.08. The van der Waals surface area contributed by atoms with Crippen molar-refractivity contribution in [3.05, 3.63) is 48.0 Å². The predicted molar refractivity (Wildman–Crippen MR) is 70.8 cm³/mol. The van der Waals surface area contributed by atoms with E-state index in [4.69, 9.17) is 0 Å². The summed E-state index contributed by atoms with van der Waals surface area (Å²) < 4.78 is 0. The van der Waals surface area contributed by atoms with Crippen molar-refractivity contribution in [2.24, 2.45) is 0 Å². The smallest absolute Gasteiger partial charge is 0.257 e. The van der Waals surface area contributed by atoms with Crippen molar-refractivity contribution in [1.29, 1.82) is 0 Å². The predicted octanol–water partition coefficient (Wildman–Crippen LogP) is 1.91. The Bertz CT molecular complexity index is 749. The zero-order valence-corrected chi connectivity index (χ0v) is 10.2. The van der Waals surface area contributed by atoms with E-state index in [1.165, 1.54) is 0 Å². The SMILES string of the molecule is Cc1ncccc1C(=O)Nc1ccnc2[nH]ncc12. The van der Waals surface area contributed by atoms with E-state index in [9.17, 15) is 4.79 Å². The largest absolute Gasteiger partial charge is 0.321 e. The fourth-order valence-electron chi connectivity index (χ4n) is 1.87. The third-order valence-electron chi connectivity index (χ3n) is 2.85. The Morgan fingerprint density at radius 2 is 2.16 bits per heavy atom. The van der Waals surface area contributed by atoms with Gasteiger partial charge in [0.25, 0.3) is 5.91 Å². The normalized spacial score (nSPS) is 10.6. The van der Waals surface area contributed by atoms with Gasteiger partial charge < -0.3 is 5.32 Å². The number of carbonyl (C=O) groups excluding carboxylic acids is 1. The molecule has 1 amide bonds. The molecular formula is C13H11N5O. The van der Waals surface area contributed by atoms with E-state index in [-0.39, 0.29) is 5.91 Å². The molecule has 3 aromatic heterocycles. The van der Waals surface area contributed by atoms with Crippen LogP contribution in [0.5, 0.6) is 0 Å². The van der Waals surface area contributed by atoms with E-state index < -0.39 is 0 Å². The summed E-state index contributed by atoms with van der Waals surface area (Å²) in [4.78, 5) is 20.4. The Hall–Kier alpha value is -2.76. The molecule has 0 radical (unpaired) electrons. The lowest BCUT2D eigenvalue weighted by Crippen LogP contribution is -2.14. The van der Waals surface area contributed by atoms with Crippen LogP contribution >= 0.6 is 0 Å². The molecule has 0 bridgehead atoms. The molecule has 0 aliphatic rings. The molecule has 0 fully saturated rings. The third kappa shape index (κ3) is 2.03. The number of aromatic nitrogens is 4. The second kappa shape index (κ2) is 4.49. The van der Waals surface area contributed by atoms with Crippen LogP contribution < -0.4 is 5.32 Å². The van der Waals surface area contributed by atoms with Crippen LogP contribution in [0.3, 0.4) is 0 Å². The first-order valence-electron chi connectivity index (χ1n) is 5.77. The summed E-state index contributed by atoms with van der Waals surface area (Å²) in [5.41, 5.74) is 2.56. The van der Waals surface area contributed by atoms with E-state index >= 15 is 0 Å². The van der Waals surface area contributed by atoms with Gasteiger partial charge >= 0.3 is 0 Å². The lowest BCUT2D eigenvalue weighted by atomic mass is 10.2. The van der Waals surface area contributed by atoms with Crippen LogP contribution in [-0.4, -0.2) is 26.1 Å². The number of hydrogen-bond donors (Lipinski definition) is 2. The van der Waals surface area contributed by atoms with E-state index in [1.807, 2.05) is 0 Å². The molecule has 6 heteroatoms. The molecule has 2 N–H and O–H groups in total. The van der Waals surface area contributed by atoms with E-state index in [1.54, 1.807) is 43.7 Å². The van der Waals surface area contributed by atoms with Gasteiger partial charge in [0.1, 0.15) is 0 Å². The summed E-state index contributed by atoms with van der Waals surface area (Å²) in [5.74, 6) is -0.195. The molecule has 3 rings (SSSR count). The lowest BCUT2D eigenvalue weighted by Gasteiger charge is -2.07. The summed E-state index contributed by atoms with van der Waals surface area (Å²) in [6.45, 7) is 1.80. The Kier molecular flexibility index (Phi) is 2.68. The summed E-state index contributed by atoms with van der Waals surface area (Å²) in [6.07, 6.45) is 4.91. The summed E-state index contributed by atoms with van der Waals surface area (Å²) in [5, 5.41) is 10.3. The maximum atomic E-state index is 12.2. The molecule has 0 spiro atoms. The van der Waals surface area contributed by atoms with Gasteiger partial charge in [-0.15, -0.1) is 0 Å². The van der Waals surface area contributed by atoms with Crippen LogP contribution in [0.4, 0.5) is 5.69 Å². The minimum atomic E-state index is -0.195. The number of anilines is 1. The van der Waals surface area contributed by atoms with Crippen molar-refractivity contribution in [1.82, 2.24) is 20.2 Å². The molecule has 0 saturated carbocycles. The van der Waals surface area contributed by atoms with Gasteiger partial charge in [0, 0.05) is 18.1 Å². The van der Waals surface area contributed by atoms with Crippen molar-refractivity contribution < 1.29 is 4.79 Å². The molecule has 19 heavy (non-hydrogen) atoms. The Morgan fingerprint density at radius 3 is 3.00 bits per heavy atom. The standard InChI is InChI=1S/C13H11N5O/c1-8-9(3-2-5-14-8)13(19)17-11-4-6-15-12-10(11)7-16-18-12/h2-7H,1H3,(H2,15,16,17,18,19). The lowest BCUT2D eigenvalue weighted by molar-refractivity contribution is 0.102. The highest BCUT2D eigenvalue weighted by molar-refractivity contribution is 6.08. The number of H-pyrrole nitrogens is 1. The monoisotopic (exact) mass is 253 g/mol. The molecule has 0 aliphatic heterocycles. The Balaban J connectivity index is 1.95. The zero-order chi connectivity index (χ0) is 13.2. The third-order valence-corrected chi connectivity index (χ3v) is 2.85. The number of fused-ring (bicyclic) bond motifs is 1. The summed E-state index contributed by atoms with van der Waals surface area (Å²) >= 11 is 0. The molecule has 3 aromatic rings. The molecular weight excluding hydrogens is 242 g/mol. The molecule has 6 nitrogen and oxygen atoms in total. The maximum Gasteiger partial charge on any atom is 0.257 e. The molecule has 94 valence electrons. The first kappa shape index (κ1) is 11.3. The van der Waals surface area contributed by atoms with Crippen molar-refractivity contribution >= 4 is 22.6 Å². The quantitative estimate of drug-likeness (QED) is 0.730. The first-order chi connectivity index (χ1) is 9.25. The summed E-state index contributed by atoms with van der Waals surface area (Å²) in [6, 6.07) is 5.22. The average Bonchev–Trinajstić information content (AvgIpc) is 2.88. The zero-order valence-electron chi connectivity index (χ0n) is 10.2. The second-order valence-corrected chi connectivity index (χ2v) is 4.08. The highest BCUT2D eigenvalue weighted by Crippen LogP contribution is 2.20. The fourth-order valence-corrected chi connectivity index (χ4v) is 1.87. The molecule has 0 atom stereocenters. The topological polar surface area (TPSA) is 83.6 Å². The fraction of sp³-hybridized carbons (Fsp3) is 0.0769. The van der Waals surface area contributed by atoms with Gasteiger partial charge in [-0.2, -0.15) is 5.10 Å². The number of aryl methyl sites for hydroxylation is 1. The number of amides is 1. The van der Waals surface area contributed by atoms with E-state index in [2.05, 4.69) is 25.5 Å². The van der Waals surface area contributed by atoms with Gasteiger partial charge in [0.2, 0.25) is 0 Å². The van der Waals surface area contributed by atoms with Crippen LogP contribution in [0.2, 0.25) is 0 Å². The first-order valence-corrected chi connectivity index (χ1v) is 5.77. The number of rotatable bonds is 2. The van der Waals surface area contributed by atoms with Gasteiger partial charge in [0.05, 0.1) is 22.8 Å². The van der Waals surface area contributed by atoms with Gasteiger partial charge in [-0.05, 0) is 25.1 Å². The van der Waals surface area contributed by atoms with E-state index in [0.29, 0.717) is 22.6 Å². The van der Waals surface area contributed by atoms with Crippen molar-refractivity contribution in [3.8, 4) is 0 Å². The number of nitrogens with one attached hydrogen (secondary N) is 2. The van der Waals surface area contributed by atoms with Crippen LogP contribution in [0.25, 0.3) is 11.0 Å². The highest BCUT2D eigenvalue weighted by Gasteiger charge is 2.11. The van der Waals surface area contributed by atoms with Gasteiger partial charge in [-0.3, -0.25) is 14.9 Å². The maximum absolute atomic E-state index is 12.2. The summed E-state index contributed by atoms with van der Waals surface area (Å²) in [7, 11) is 0. The van der Waals surface area contributed by atoms with Crippen LogP contribution in [0.1, 0.15) is 16.1 Å². The highest BCUT2D eigenvalue weighted by atomic mass is 16.1. The van der Waals surface area contributed by atoms with Crippen LogP contribution in [-0.2, 0) is 0 Å². The van der Waals surface area contributed by atoms with E-state index in [0.717, 1.165) is 5.39 Å².